The highest BCUT2D eigenvalue weighted by atomic mass is 16.6. The molecule has 0 fully saturated rings. The molecule has 1 atom stereocenters. The van der Waals surface area contributed by atoms with E-state index in [-0.39, 0.29) is 12.3 Å². The lowest BCUT2D eigenvalue weighted by Gasteiger charge is -2.24. The third kappa shape index (κ3) is 3.49. The molecule has 1 amide bonds. The minimum Gasteiger partial charge on any atom is -0.485 e. The van der Waals surface area contributed by atoms with Gasteiger partial charge in [0, 0.05) is 17.7 Å². The summed E-state index contributed by atoms with van der Waals surface area (Å²) in [5.41, 5.74) is 2.78. The fourth-order valence-electron chi connectivity index (χ4n) is 2.11. The molecule has 2 aromatic rings. The van der Waals surface area contributed by atoms with Crippen molar-refractivity contribution < 1.29 is 19.2 Å². The number of nitrogens with one attached hydrogen (secondary N) is 1. The van der Waals surface area contributed by atoms with Gasteiger partial charge in [-0.15, -0.1) is 0 Å². The summed E-state index contributed by atoms with van der Waals surface area (Å²) < 4.78 is 11.0. The van der Waals surface area contributed by atoms with Crippen LogP contribution in [0, 0.1) is 10.1 Å². The largest absolute Gasteiger partial charge is 0.485 e. The first kappa shape index (κ1) is 15.5. The molecule has 1 N–H and O–H groups in total. The monoisotopic (exact) mass is 327 g/mol. The van der Waals surface area contributed by atoms with Crippen molar-refractivity contribution >= 4 is 17.8 Å². The Morgan fingerprint density at radius 3 is 2.83 bits per heavy atom. The van der Waals surface area contributed by atoms with Crippen molar-refractivity contribution in [2.45, 2.75) is 6.10 Å². The third-order valence-corrected chi connectivity index (χ3v) is 3.27. The van der Waals surface area contributed by atoms with Gasteiger partial charge < -0.3 is 9.47 Å². The summed E-state index contributed by atoms with van der Waals surface area (Å²) in [6, 6.07) is 13.0. The summed E-state index contributed by atoms with van der Waals surface area (Å²) in [5, 5.41) is 14.5. The van der Waals surface area contributed by atoms with Crippen LogP contribution >= 0.6 is 0 Å². The molecule has 1 heterocycles. The Hall–Kier alpha value is -3.42. The van der Waals surface area contributed by atoms with Crippen LogP contribution in [0.1, 0.15) is 5.56 Å². The van der Waals surface area contributed by atoms with Crippen molar-refractivity contribution in [2.75, 3.05) is 6.61 Å². The Bertz CT molecular complexity index is 806. The van der Waals surface area contributed by atoms with Crippen molar-refractivity contribution in [3.8, 4) is 11.5 Å². The van der Waals surface area contributed by atoms with Gasteiger partial charge in [-0.05, 0) is 12.1 Å². The number of nitro groups is 1. The minimum atomic E-state index is -0.817. The fourth-order valence-corrected chi connectivity index (χ4v) is 2.11. The van der Waals surface area contributed by atoms with Crippen molar-refractivity contribution in [3.05, 3.63) is 64.2 Å². The summed E-state index contributed by atoms with van der Waals surface area (Å²) in [6.07, 6.45) is 0.505. The van der Waals surface area contributed by atoms with Gasteiger partial charge in [0.2, 0.25) is 6.10 Å². The highest BCUT2D eigenvalue weighted by molar-refractivity contribution is 5.85. The molecule has 8 heteroatoms. The number of ether oxygens (including phenoxy) is 2. The molecule has 1 aliphatic rings. The Morgan fingerprint density at radius 2 is 2.04 bits per heavy atom. The van der Waals surface area contributed by atoms with Crippen molar-refractivity contribution in [3.63, 3.8) is 0 Å². The molecule has 0 aliphatic carbocycles. The molecule has 122 valence electrons. The van der Waals surface area contributed by atoms with E-state index >= 15 is 0 Å². The lowest BCUT2D eigenvalue weighted by molar-refractivity contribution is -0.384. The number of nitro benzene ring substituents is 1. The molecular formula is C16H13N3O5. The highest BCUT2D eigenvalue weighted by Gasteiger charge is 2.26. The number of hydrogen-bond donors (Lipinski definition) is 1. The highest BCUT2D eigenvalue weighted by Crippen LogP contribution is 2.30. The van der Waals surface area contributed by atoms with E-state index < -0.39 is 16.9 Å². The van der Waals surface area contributed by atoms with Gasteiger partial charge in [-0.2, -0.15) is 5.10 Å². The molecule has 0 radical (unpaired) electrons. The first-order chi connectivity index (χ1) is 11.6. The van der Waals surface area contributed by atoms with Crippen LogP contribution in [-0.2, 0) is 4.79 Å². The van der Waals surface area contributed by atoms with E-state index in [9.17, 15) is 14.9 Å². The molecule has 1 aliphatic heterocycles. The number of non-ortho nitro benzene ring substituents is 1. The number of hydrazone groups is 1. The van der Waals surface area contributed by atoms with E-state index in [0.717, 1.165) is 0 Å². The number of hydrogen-bond acceptors (Lipinski definition) is 6. The van der Waals surface area contributed by atoms with Gasteiger partial charge in [-0.3, -0.25) is 14.9 Å². The predicted molar refractivity (Wildman–Crippen MR) is 85.2 cm³/mol. The van der Waals surface area contributed by atoms with E-state index in [2.05, 4.69) is 10.5 Å². The van der Waals surface area contributed by atoms with Gasteiger partial charge >= 0.3 is 0 Å². The number of benzene rings is 2. The predicted octanol–water partition coefficient (Wildman–Crippen LogP) is 1.88. The fraction of sp³-hybridized carbons (Fsp3) is 0.125. The summed E-state index contributed by atoms with van der Waals surface area (Å²) in [6.45, 7) is 0.0785. The second-order valence-electron chi connectivity index (χ2n) is 4.95. The second kappa shape index (κ2) is 6.78. The molecule has 0 saturated carbocycles. The van der Waals surface area contributed by atoms with E-state index in [0.29, 0.717) is 17.1 Å². The van der Waals surface area contributed by atoms with Crippen LogP contribution in [0.4, 0.5) is 5.69 Å². The number of carbonyl (C=O) groups excluding carboxylic acids is 1. The van der Waals surface area contributed by atoms with Crippen molar-refractivity contribution in [1.29, 1.82) is 0 Å². The van der Waals surface area contributed by atoms with Crippen LogP contribution in [-0.4, -0.2) is 29.8 Å². The summed E-state index contributed by atoms with van der Waals surface area (Å²) in [7, 11) is 0. The molecule has 0 saturated heterocycles. The number of nitrogens with zero attached hydrogens (tertiary/aromatic N) is 2. The van der Waals surface area contributed by atoms with E-state index in [4.69, 9.17) is 9.47 Å². The maximum atomic E-state index is 12.0. The SMILES string of the molecule is O=C(NN=Cc1cccc([N+](=O)[O-])c1)[C@H]1COc2ccccc2O1. The summed E-state index contributed by atoms with van der Waals surface area (Å²) in [5.74, 6) is 0.611. The molecule has 2 aromatic carbocycles. The van der Waals surface area contributed by atoms with Crippen LogP contribution in [0.2, 0.25) is 0 Å². The standard InChI is InChI=1S/C16H13N3O5/c20-16(15-10-23-13-6-1-2-7-14(13)24-15)18-17-9-11-4-3-5-12(8-11)19(21)22/h1-9,15H,10H2,(H,18,20)/t15-/m1/s1. The van der Waals surface area contributed by atoms with Crippen LogP contribution in [0.3, 0.4) is 0 Å². The lowest BCUT2D eigenvalue weighted by atomic mass is 10.2. The zero-order valence-corrected chi connectivity index (χ0v) is 12.4. The third-order valence-electron chi connectivity index (χ3n) is 3.27. The van der Waals surface area contributed by atoms with Gasteiger partial charge in [0.15, 0.2) is 11.5 Å². The van der Waals surface area contributed by atoms with Crippen LogP contribution in [0.25, 0.3) is 0 Å². The molecule has 24 heavy (non-hydrogen) atoms. The van der Waals surface area contributed by atoms with E-state index in [1.807, 2.05) is 6.07 Å². The van der Waals surface area contributed by atoms with Gasteiger partial charge in [-0.25, -0.2) is 5.43 Å². The maximum absolute atomic E-state index is 12.0. The Balaban J connectivity index is 1.60. The second-order valence-corrected chi connectivity index (χ2v) is 4.95. The Labute approximate surface area is 136 Å². The van der Waals surface area contributed by atoms with Gasteiger partial charge in [0.05, 0.1) is 11.1 Å². The maximum Gasteiger partial charge on any atom is 0.284 e. The Morgan fingerprint density at radius 1 is 1.25 bits per heavy atom. The lowest BCUT2D eigenvalue weighted by Crippen LogP contribution is -2.42. The quantitative estimate of drug-likeness (QED) is 0.525. The minimum absolute atomic E-state index is 0.0501. The van der Waals surface area contributed by atoms with Gasteiger partial charge in [0.25, 0.3) is 11.6 Å². The molecule has 3 rings (SSSR count). The van der Waals surface area contributed by atoms with E-state index in [1.165, 1.54) is 24.4 Å². The average Bonchev–Trinajstić information content (AvgIpc) is 2.61. The molecule has 0 aromatic heterocycles. The molecular weight excluding hydrogens is 314 g/mol. The van der Waals surface area contributed by atoms with Gasteiger partial charge in [-0.1, -0.05) is 24.3 Å². The zero-order valence-electron chi connectivity index (χ0n) is 12.4. The van der Waals surface area contributed by atoms with Crippen molar-refractivity contribution in [2.24, 2.45) is 5.10 Å². The van der Waals surface area contributed by atoms with Crippen LogP contribution in [0.15, 0.2) is 53.6 Å². The van der Waals surface area contributed by atoms with Crippen LogP contribution < -0.4 is 14.9 Å². The smallest absolute Gasteiger partial charge is 0.284 e. The van der Waals surface area contributed by atoms with Crippen molar-refractivity contribution in [1.82, 2.24) is 5.43 Å². The topological polar surface area (TPSA) is 103 Å². The first-order valence-corrected chi connectivity index (χ1v) is 7.09. The van der Waals surface area contributed by atoms with Crippen LogP contribution in [0.5, 0.6) is 11.5 Å². The van der Waals surface area contributed by atoms with E-state index in [1.54, 1.807) is 24.3 Å². The number of carbonyl (C=O) groups is 1. The summed E-state index contributed by atoms with van der Waals surface area (Å²) in [4.78, 5) is 22.2. The first-order valence-electron chi connectivity index (χ1n) is 7.09. The number of rotatable bonds is 4. The normalized spacial score (nSPS) is 15.9. The molecule has 0 spiro atoms. The number of amides is 1. The molecule has 8 nitrogen and oxygen atoms in total. The van der Waals surface area contributed by atoms with Gasteiger partial charge in [0.1, 0.15) is 6.61 Å². The number of para-hydroxylation sites is 2. The molecule has 0 unspecified atom stereocenters. The Kier molecular flexibility index (Phi) is 4.37. The average molecular weight is 327 g/mol. The molecule has 0 bridgehead atoms. The summed E-state index contributed by atoms with van der Waals surface area (Å²) >= 11 is 0. The zero-order chi connectivity index (χ0) is 16.9. The number of fused-ring (bicyclic) bond motifs is 1.